The van der Waals surface area contributed by atoms with Gasteiger partial charge >= 0.3 is 0 Å². The second kappa shape index (κ2) is 10.4. The first kappa shape index (κ1) is 24.0. The molecule has 0 spiro atoms. The van der Waals surface area contributed by atoms with E-state index in [0.717, 1.165) is 11.1 Å². The summed E-state index contributed by atoms with van der Waals surface area (Å²) < 4.78 is 35.2. The van der Waals surface area contributed by atoms with Crippen molar-refractivity contribution in [1.29, 1.82) is 0 Å². The van der Waals surface area contributed by atoms with Gasteiger partial charge < -0.3 is 9.64 Å². The first-order valence-corrected chi connectivity index (χ1v) is 12.4. The van der Waals surface area contributed by atoms with Crippen LogP contribution in [0.25, 0.3) is 0 Å². The van der Waals surface area contributed by atoms with Crippen molar-refractivity contribution >= 4 is 21.6 Å². The van der Waals surface area contributed by atoms with Gasteiger partial charge in [0.25, 0.3) is 15.9 Å². The molecule has 0 aliphatic heterocycles. The lowest BCUT2D eigenvalue weighted by atomic mass is 10.2. The Hall–Kier alpha value is -4.11. The molecule has 1 N–H and O–H groups in total. The number of sulfonamides is 1. The molecule has 3 aromatic carbocycles. The Morgan fingerprint density at radius 1 is 1.00 bits per heavy atom. The minimum Gasteiger partial charge on any atom is -0.497 e. The normalized spacial score (nSPS) is 11.1. The number of aromatic nitrogens is 2. The third-order valence-electron chi connectivity index (χ3n) is 5.37. The first-order valence-electron chi connectivity index (χ1n) is 10.9. The lowest BCUT2D eigenvalue weighted by Crippen LogP contribution is -2.26. The summed E-state index contributed by atoms with van der Waals surface area (Å²) in [4.78, 5) is 14.6. The Morgan fingerprint density at radius 3 is 2.46 bits per heavy atom. The fourth-order valence-electron chi connectivity index (χ4n) is 3.58. The Labute approximate surface area is 204 Å². The van der Waals surface area contributed by atoms with Crippen molar-refractivity contribution in [2.24, 2.45) is 0 Å². The molecular weight excluding hydrogens is 464 g/mol. The molecule has 4 aromatic rings. The molecule has 9 heteroatoms. The van der Waals surface area contributed by atoms with Crippen LogP contribution >= 0.6 is 0 Å². The van der Waals surface area contributed by atoms with Crippen molar-refractivity contribution in [2.75, 3.05) is 18.9 Å². The van der Waals surface area contributed by atoms with E-state index in [4.69, 9.17) is 4.74 Å². The molecule has 0 atom stereocenters. The van der Waals surface area contributed by atoms with E-state index in [1.54, 1.807) is 49.6 Å². The number of carbonyl (C=O) groups excluding carboxylic acids is 1. The number of amides is 1. The summed E-state index contributed by atoms with van der Waals surface area (Å²) >= 11 is 0. The highest BCUT2D eigenvalue weighted by atomic mass is 32.2. The predicted molar refractivity (Wildman–Crippen MR) is 134 cm³/mol. The highest BCUT2D eigenvalue weighted by Crippen LogP contribution is 2.20. The largest absolute Gasteiger partial charge is 0.497 e. The zero-order chi connectivity index (χ0) is 24.8. The van der Waals surface area contributed by atoms with Gasteiger partial charge in [-0.2, -0.15) is 5.10 Å². The van der Waals surface area contributed by atoms with Crippen LogP contribution in [-0.2, 0) is 23.1 Å². The molecule has 0 saturated heterocycles. The number of hydrogen-bond donors (Lipinski definition) is 1. The second-order valence-electron chi connectivity index (χ2n) is 8.05. The highest BCUT2D eigenvalue weighted by molar-refractivity contribution is 7.92. The molecule has 35 heavy (non-hydrogen) atoms. The van der Waals surface area contributed by atoms with Crippen LogP contribution in [-0.4, -0.2) is 43.2 Å². The molecular formula is C26H26N4O4S. The van der Waals surface area contributed by atoms with E-state index < -0.39 is 10.0 Å². The molecule has 0 fully saturated rings. The van der Waals surface area contributed by atoms with Crippen molar-refractivity contribution < 1.29 is 17.9 Å². The van der Waals surface area contributed by atoms with Crippen molar-refractivity contribution in [2.45, 2.75) is 18.0 Å². The zero-order valence-corrected chi connectivity index (χ0v) is 20.3. The number of rotatable bonds is 9. The lowest BCUT2D eigenvalue weighted by Gasteiger charge is -2.17. The molecule has 0 radical (unpaired) electrons. The topological polar surface area (TPSA) is 93.5 Å². The number of nitrogens with one attached hydrogen (secondary N) is 1. The van der Waals surface area contributed by atoms with Crippen LogP contribution in [0.5, 0.6) is 5.75 Å². The molecule has 8 nitrogen and oxygen atoms in total. The summed E-state index contributed by atoms with van der Waals surface area (Å²) in [5, 5.41) is 4.38. The molecule has 180 valence electrons. The Kier molecular flexibility index (Phi) is 7.17. The van der Waals surface area contributed by atoms with Gasteiger partial charge in [0.15, 0.2) is 0 Å². The molecule has 0 aliphatic rings. The summed E-state index contributed by atoms with van der Waals surface area (Å²) in [5.74, 6) is 0.330. The SMILES string of the molecule is COc1ccc(NS(=O)(=O)c2cccc(C(=O)N(C)Cc3cnn(Cc4ccccc4)c3)c2)cc1. The average Bonchev–Trinajstić information content (AvgIpc) is 3.31. The fraction of sp³-hybridized carbons (Fsp3) is 0.154. The van der Waals surface area contributed by atoms with E-state index in [-0.39, 0.29) is 16.4 Å². The predicted octanol–water partition coefficient (Wildman–Crippen LogP) is 4.01. The maximum atomic E-state index is 13.0. The van der Waals surface area contributed by atoms with Gasteiger partial charge in [-0.1, -0.05) is 36.4 Å². The van der Waals surface area contributed by atoms with Gasteiger partial charge in [-0.05, 0) is 48.0 Å². The van der Waals surface area contributed by atoms with Crippen molar-refractivity contribution in [3.63, 3.8) is 0 Å². The number of nitrogens with zero attached hydrogens (tertiary/aromatic N) is 3. The smallest absolute Gasteiger partial charge is 0.261 e. The molecule has 0 bridgehead atoms. The number of carbonyl (C=O) groups is 1. The van der Waals surface area contributed by atoms with Gasteiger partial charge in [-0.15, -0.1) is 0 Å². The summed E-state index contributed by atoms with van der Waals surface area (Å²) in [7, 11) is -0.663. The van der Waals surface area contributed by atoms with Gasteiger partial charge in [-0.3, -0.25) is 14.2 Å². The Morgan fingerprint density at radius 2 is 1.74 bits per heavy atom. The van der Waals surface area contributed by atoms with Crippen LogP contribution in [0.15, 0.2) is 96.2 Å². The Bertz CT molecular complexity index is 1400. The van der Waals surface area contributed by atoms with E-state index in [2.05, 4.69) is 9.82 Å². The number of hydrogen-bond acceptors (Lipinski definition) is 5. The van der Waals surface area contributed by atoms with Crippen molar-refractivity contribution in [3.05, 3.63) is 108 Å². The number of methoxy groups -OCH3 is 1. The molecule has 0 saturated carbocycles. The van der Waals surface area contributed by atoms with Gasteiger partial charge in [0.2, 0.25) is 0 Å². The van der Waals surface area contributed by atoms with Gasteiger partial charge in [0.1, 0.15) is 5.75 Å². The summed E-state index contributed by atoms with van der Waals surface area (Å²) in [6, 6.07) is 22.5. The van der Waals surface area contributed by atoms with Gasteiger partial charge in [-0.25, -0.2) is 8.42 Å². The minimum atomic E-state index is -3.87. The standard InChI is InChI=1S/C26H26N4O4S/c1-29(17-21-16-27-30(19-21)18-20-7-4-3-5-8-20)26(31)22-9-6-10-25(15-22)35(32,33)28-23-11-13-24(34-2)14-12-23/h3-16,19,28H,17-18H2,1-2H3. The van der Waals surface area contributed by atoms with Crippen LogP contribution in [0, 0.1) is 0 Å². The number of anilines is 1. The molecule has 1 heterocycles. The minimum absolute atomic E-state index is 0.00301. The van der Waals surface area contributed by atoms with E-state index in [1.807, 2.05) is 41.2 Å². The number of ether oxygens (including phenoxy) is 1. The van der Waals surface area contributed by atoms with Gasteiger partial charge in [0.05, 0.1) is 24.7 Å². The van der Waals surface area contributed by atoms with E-state index in [0.29, 0.717) is 24.5 Å². The summed E-state index contributed by atoms with van der Waals surface area (Å²) in [5.41, 5.74) is 2.68. The molecule has 4 rings (SSSR count). The molecule has 1 aromatic heterocycles. The first-order chi connectivity index (χ1) is 16.8. The highest BCUT2D eigenvalue weighted by Gasteiger charge is 2.19. The monoisotopic (exact) mass is 490 g/mol. The molecule has 1 amide bonds. The maximum Gasteiger partial charge on any atom is 0.261 e. The lowest BCUT2D eigenvalue weighted by molar-refractivity contribution is 0.0785. The third kappa shape index (κ3) is 6.07. The maximum absolute atomic E-state index is 13.0. The van der Waals surface area contributed by atoms with Crippen LogP contribution in [0.4, 0.5) is 5.69 Å². The van der Waals surface area contributed by atoms with E-state index in [1.165, 1.54) is 24.1 Å². The molecule has 0 aliphatic carbocycles. The third-order valence-corrected chi connectivity index (χ3v) is 6.75. The number of benzene rings is 3. The quantitative estimate of drug-likeness (QED) is 0.383. The fourth-order valence-corrected chi connectivity index (χ4v) is 4.68. The Balaban J connectivity index is 1.43. The van der Waals surface area contributed by atoms with Crippen molar-refractivity contribution in [3.8, 4) is 5.75 Å². The van der Waals surface area contributed by atoms with Gasteiger partial charge in [0, 0.05) is 36.6 Å². The van der Waals surface area contributed by atoms with Crippen LogP contribution in [0.3, 0.4) is 0 Å². The zero-order valence-electron chi connectivity index (χ0n) is 19.5. The second-order valence-corrected chi connectivity index (χ2v) is 9.74. The van der Waals surface area contributed by atoms with E-state index >= 15 is 0 Å². The average molecular weight is 491 g/mol. The van der Waals surface area contributed by atoms with Crippen LogP contribution in [0.1, 0.15) is 21.5 Å². The molecule has 0 unspecified atom stereocenters. The van der Waals surface area contributed by atoms with Crippen LogP contribution < -0.4 is 9.46 Å². The summed E-state index contributed by atoms with van der Waals surface area (Å²) in [6.45, 7) is 0.980. The van der Waals surface area contributed by atoms with Crippen LogP contribution in [0.2, 0.25) is 0 Å². The summed E-state index contributed by atoms with van der Waals surface area (Å²) in [6.07, 6.45) is 3.63. The van der Waals surface area contributed by atoms with Crippen molar-refractivity contribution in [1.82, 2.24) is 14.7 Å². The van der Waals surface area contributed by atoms with E-state index in [9.17, 15) is 13.2 Å².